The summed E-state index contributed by atoms with van der Waals surface area (Å²) in [6, 6.07) is 0. The molecule has 0 aromatic rings. The molecule has 0 N–H and O–H groups in total. The number of ketones is 1. The molecule has 1 fully saturated rings. The quantitative estimate of drug-likeness (QED) is 0.503. The lowest BCUT2D eigenvalue weighted by Crippen LogP contribution is -2.19. The molecule has 2 atom stereocenters. The highest BCUT2D eigenvalue weighted by Gasteiger charge is 2.49. The summed E-state index contributed by atoms with van der Waals surface area (Å²) >= 11 is 0. The fraction of sp³-hybridized carbons (Fsp3) is 0.727. The molecule has 2 aliphatic rings. The van der Waals surface area contributed by atoms with E-state index in [2.05, 4.69) is 26.8 Å². The molecule has 1 heteroatoms. The summed E-state index contributed by atoms with van der Waals surface area (Å²) < 4.78 is 0. The molecule has 2 aliphatic carbocycles. The highest BCUT2D eigenvalue weighted by Crippen LogP contribution is 2.52. The normalized spacial score (nSPS) is 38.2. The van der Waals surface area contributed by atoms with Crippen LogP contribution in [-0.4, -0.2) is 5.78 Å². The third kappa shape index (κ3) is 0.886. The second-order valence-corrected chi connectivity index (χ2v) is 4.90. The fourth-order valence-corrected chi connectivity index (χ4v) is 2.83. The van der Waals surface area contributed by atoms with E-state index in [1.807, 2.05) is 0 Å². The molecule has 0 radical (unpaired) electrons. The van der Waals surface area contributed by atoms with Gasteiger partial charge in [0.2, 0.25) is 0 Å². The Labute approximate surface area is 73.8 Å². The second-order valence-electron chi connectivity index (χ2n) is 4.90. The Balaban J connectivity index is 2.34. The SMILES string of the molecule is CC1=CCC2C1C(=O)CC2(C)C. The summed E-state index contributed by atoms with van der Waals surface area (Å²) in [5, 5.41) is 0. The smallest absolute Gasteiger partial charge is 0.140 e. The summed E-state index contributed by atoms with van der Waals surface area (Å²) in [4.78, 5) is 11.6. The maximum absolute atomic E-state index is 11.6. The molecule has 0 heterocycles. The van der Waals surface area contributed by atoms with Gasteiger partial charge in [0.05, 0.1) is 0 Å². The lowest BCUT2D eigenvalue weighted by Gasteiger charge is -2.25. The van der Waals surface area contributed by atoms with E-state index in [4.69, 9.17) is 0 Å². The molecule has 2 unspecified atom stereocenters. The fourth-order valence-electron chi connectivity index (χ4n) is 2.83. The number of fused-ring (bicyclic) bond motifs is 1. The number of Topliss-reactive ketones (excluding diaryl/α,β-unsaturated/α-hetero) is 1. The summed E-state index contributed by atoms with van der Waals surface area (Å²) in [6.45, 7) is 6.55. The second kappa shape index (κ2) is 2.21. The molecular formula is C11H16O. The molecule has 0 amide bonds. The van der Waals surface area contributed by atoms with Crippen LogP contribution in [0.15, 0.2) is 11.6 Å². The Hall–Kier alpha value is -0.590. The topological polar surface area (TPSA) is 17.1 Å². The molecule has 0 aromatic heterocycles. The number of rotatable bonds is 0. The van der Waals surface area contributed by atoms with Crippen molar-refractivity contribution in [3.05, 3.63) is 11.6 Å². The minimum absolute atomic E-state index is 0.246. The average molecular weight is 164 g/mol. The Morgan fingerprint density at radius 2 is 2.17 bits per heavy atom. The van der Waals surface area contributed by atoms with Crippen molar-refractivity contribution in [1.82, 2.24) is 0 Å². The van der Waals surface area contributed by atoms with Crippen LogP contribution in [0.2, 0.25) is 0 Å². The first-order chi connectivity index (χ1) is 5.52. The van der Waals surface area contributed by atoms with E-state index in [9.17, 15) is 4.79 Å². The van der Waals surface area contributed by atoms with Crippen LogP contribution in [0.4, 0.5) is 0 Å². The largest absolute Gasteiger partial charge is 0.299 e. The van der Waals surface area contributed by atoms with Gasteiger partial charge in [-0.3, -0.25) is 4.79 Å². The van der Waals surface area contributed by atoms with E-state index in [0.717, 1.165) is 12.8 Å². The zero-order chi connectivity index (χ0) is 8.93. The number of allylic oxidation sites excluding steroid dienone is 2. The van der Waals surface area contributed by atoms with Gasteiger partial charge in [0.25, 0.3) is 0 Å². The molecular weight excluding hydrogens is 148 g/mol. The van der Waals surface area contributed by atoms with E-state index >= 15 is 0 Å². The molecule has 0 aromatic carbocycles. The molecule has 1 saturated carbocycles. The van der Waals surface area contributed by atoms with Gasteiger partial charge in [-0.1, -0.05) is 25.5 Å². The average Bonchev–Trinajstić information content (AvgIpc) is 2.38. The zero-order valence-electron chi connectivity index (χ0n) is 8.05. The molecule has 0 bridgehead atoms. The van der Waals surface area contributed by atoms with E-state index < -0.39 is 0 Å². The molecule has 0 aliphatic heterocycles. The van der Waals surface area contributed by atoms with Crippen molar-refractivity contribution >= 4 is 5.78 Å². The monoisotopic (exact) mass is 164 g/mol. The lowest BCUT2D eigenvalue weighted by atomic mass is 9.79. The Kier molecular flexibility index (Phi) is 1.48. The molecule has 0 saturated heterocycles. The van der Waals surface area contributed by atoms with Gasteiger partial charge in [-0.25, -0.2) is 0 Å². The van der Waals surface area contributed by atoms with Gasteiger partial charge >= 0.3 is 0 Å². The summed E-state index contributed by atoms with van der Waals surface area (Å²) in [5.74, 6) is 1.35. The predicted molar refractivity (Wildman–Crippen MR) is 48.8 cm³/mol. The van der Waals surface area contributed by atoms with Crippen molar-refractivity contribution in [2.75, 3.05) is 0 Å². The highest BCUT2D eigenvalue weighted by molar-refractivity contribution is 5.87. The van der Waals surface area contributed by atoms with Crippen molar-refractivity contribution in [1.29, 1.82) is 0 Å². The van der Waals surface area contributed by atoms with Crippen LogP contribution in [0.1, 0.15) is 33.6 Å². The third-order valence-corrected chi connectivity index (χ3v) is 3.57. The molecule has 12 heavy (non-hydrogen) atoms. The number of hydrogen-bond acceptors (Lipinski definition) is 1. The Bertz CT molecular complexity index is 260. The van der Waals surface area contributed by atoms with Crippen molar-refractivity contribution in [2.45, 2.75) is 33.6 Å². The maximum Gasteiger partial charge on any atom is 0.140 e. The lowest BCUT2D eigenvalue weighted by molar-refractivity contribution is -0.120. The zero-order valence-corrected chi connectivity index (χ0v) is 8.05. The van der Waals surface area contributed by atoms with Crippen LogP contribution in [-0.2, 0) is 4.79 Å². The summed E-state index contributed by atoms with van der Waals surface area (Å²) in [7, 11) is 0. The third-order valence-electron chi connectivity index (χ3n) is 3.57. The van der Waals surface area contributed by atoms with E-state index in [1.54, 1.807) is 0 Å². The van der Waals surface area contributed by atoms with Crippen molar-refractivity contribution in [3.8, 4) is 0 Å². The first-order valence-electron chi connectivity index (χ1n) is 4.72. The van der Waals surface area contributed by atoms with Crippen molar-refractivity contribution < 1.29 is 4.79 Å². The minimum Gasteiger partial charge on any atom is -0.299 e. The number of carbonyl (C=O) groups is 1. The Morgan fingerprint density at radius 3 is 2.75 bits per heavy atom. The number of carbonyl (C=O) groups excluding carboxylic acids is 1. The van der Waals surface area contributed by atoms with Gasteiger partial charge in [0.15, 0.2) is 0 Å². The number of hydrogen-bond donors (Lipinski definition) is 0. The first kappa shape index (κ1) is 8.03. The van der Waals surface area contributed by atoms with Crippen LogP contribution in [0, 0.1) is 17.3 Å². The van der Waals surface area contributed by atoms with Gasteiger partial charge in [0.1, 0.15) is 5.78 Å². The van der Waals surface area contributed by atoms with Gasteiger partial charge in [-0.2, -0.15) is 0 Å². The van der Waals surface area contributed by atoms with Crippen LogP contribution >= 0.6 is 0 Å². The van der Waals surface area contributed by atoms with Crippen LogP contribution in [0.5, 0.6) is 0 Å². The molecule has 1 nitrogen and oxygen atoms in total. The molecule has 2 rings (SSSR count). The first-order valence-corrected chi connectivity index (χ1v) is 4.72. The maximum atomic E-state index is 11.6. The van der Waals surface area contributed by atoms with E-state index in [0.29, 0.717) is 11.7 Å². The van der Waals surface area contributed by atoms with Crippen LogP contribution in [0.25, 0.3) is 0 Å². The minimum atomic E-state index is 0.246. The molecule has 0 spiro atoms. The van der Waals surface area contributed by atoms with Gasteiger partial charge in [0, 0.05) is 12.3 Å². The summed E-state index contributed by atoms with van der Waals surface area (Å²) in [6.07, 6.45) is 4.15. The van der Waals surface area contributed by atoms with E-state index in [1.165, 1.54) is 5.57 Å². The van der Waals surface area contributed by atoms with Gasteiger partial charge in [-0.15, -0.1) is 0 Å². The van der Waals surface area contributed by atoms with Gasteiger partial charge in [-0.05, 0) is 24.7 Å². The van der Waals surface area contributed by atoms with Crippen molar-refractivity contribution in [2.24, 2.45) is 17.3 Å². The van der Waals surface area contributed by atoms with E-state index in [-0.39, 0.29) is 11.3 Å². The molecule has 66 valence electrons. The van der Waals surface area contributed by atoms with Crippen molar-refractivity contribution in [3.63, 3.8) is 0 Å². The summed E-state index contributed by atoms with van der Waals surface area (Å²) in [5.41, 5.74) is 1.56. The predicted octanol–water partition coefficient (Wildman–Crippen LogP) is 2.57. The Morgan fingerprint density at radius 1 is 1.50 bits per heavy atom. The standard InChI is InChI=1S/C11H16O/c1-7-4-5-8-10(7)9(12)6-11(8,2)3/h4,8,10H,5-6H2,1-3H3. The van der Waals surface area contributed by atoms with Gasteiger partial charge < -0.3 is 0 Å². The van der Waals surface area contributed by atoms with Crippen LogP contribution in [0.3, 0.4) is 0 Å². The van der Waals surface area contributed by atoms with Crippen LogP contribution < -0.4 is 0 Å². The highest BCUT2D eigenvalue weighted by atomic mass is 16.1.